The maximum Gasteiger partial charge on any atom is 0.256 e. The van der Waals surface area contributed by atoms with E-state index in [2.05, 4.69) is 29.2 Å². The molecule has 1 atom stereocenters. The Morgan fingerprint density at radius 2 is 1.79 bits per heavy atom. The van der Waals surface area contributed by atoms with E-state index in [1.807, 2.05) is 23.1 Å². The predicted octanol–water partition coefficient (Wildman–Crippen LogP) is 3.43. The van der Waals surface area contributed by atoms with Crippen LogP contribution in [-0.2, 0) is 22.5 Å². The fraction of sp³-hybridized carbons (Fsp3) is 0.375. The summed E-state index contributed by atoms with van der Waals surface area (Å²) in [5, 5.41) is 0. The Morgan fingerprint density at radius 3 is 2.59 bits per heavy atom. The van der Waals surface area contributed by atoms with Gasteiger partial charge in [0.15, 0.2) is 5.60 Å². The summed E-state index contributed by atoms with van der Waals surface area (Å²) < 4.78 is 19.3. The number of benzene rings is 2. The van der Waals surface area contributed by atoms with Gasteiger partial charge in [-0.3, -0.25) is 9.69 Å². The third-order valence-corrected chi connectivity index (χ3v) is 5.71. The first kappa shape index (κ1) is 19.8. The van der Waals surface area contributed by atoms with Crippen molar-refractivity contribution in [2.45, 2.75) is 25.0 Å². The quantitative estimate of drug-likeness (QED) is 0.729. The summed E-state index contributed by atoms with van der Waals surface area (Å²) in [6.45, 7) is 3.82. The molecule has 0 aromatic heterocycles. The van der Waals surface area contributed by atoms with Crippen LogP contribution >= 0.6 is 0 Å². The minimum absolute atomic E-state index is 0.0715. The lowest BCUT2D eigenvalue weighted by molar-refractivity contribution is -0.170. The van der Waals surface area contributed by atoms with Crippen LogP contribution in [0.2, 0.25) is 0 Å². The Labute approximate surface area is 171 Å². The number of halogens is 1. The van der Waals surface area contributed by atoms with Gasteiger partial charge in [-0.15, -0.1) is 0 Å². The first-order chi connectivity index (χ1) is 14.1. The number of morpholine rings is 1. The molecule has 2 aliphatic rings. The molecule has 1 saturated heterocycles. The second kappa shape index (κ2) is 8.89. The number of nitrogens with zero attached hydrogens (tertiary/aromatic N) is 2. The topological polar surface area (TPSA) is 32.8 Å². The molecule has 0 aliphatic carbocycles. The molecule has 0 N–H and O–H groups in total. The first-order valence-electron chi connectivity index (χ1n) is 10.2. The highest BCUT2D eigenvalue weighted by Gasteiger charge is 2.45. The van der Waals surface area contributed by atoms with Crippen molar-refractivity contribution in [2.75, 3.05) is 32.8 Å². The van der Waals surface area contributed by atoms with Gasteiger partial charge in [-0.2, -0.15) is 0 Å². The SMILES string of the molecule is O=C1N(CCc2ccccc2)CC=CCC12CN(Cc1ccc(F)cc1)CCO2. The predicted molar refractivity (Wildman–Crippen MR) is 111 cm³/mol. The molecule has 0 bridgehead atoms. The van der Waals surface area contributed by atoms with Crippen LogP contribution in [0.4, 0.5) is 4.39 Å². The monoisotopic (exact) mass is 394 g/mol. The molecule has 1 unspecified atom stereocenters. The van der Waals surface area contributed by atoms with Gasteiger partial charge in [0, 0.05) is 39.1 Å². The van der Waals surface area contributed by atoms with Crippen LogP contribution in [0.15, 0.2) is 66.7 Å². The Morgan fingerprint density at radius 1 is 1.00 bits per heavy atom. The summed E-state index contributed by atoms with van der Waals surface area (Å²) >= 11 is 0. The molecular weight excluding hydrogens is 367 g/mol. The van der Waals surface area contributed by atoms with E-state index < -0.39 is 5.60 Å². The van der Waals surface area contributed by atoms with Gasteiger partial charge >= 0.3 is 0 Å². The second-order valence-electron chi connectivity index (χ2n) is 7.84. The smallest absolute Gasteiger partial charge is 0.256 e. The van der Waals surface area contributed by atoms with E-state index in [4.69, 9.17) is 4.74 Å². The van der Waals surface area contributed by atoms with Crippen molar-refractivity contribution >= 4 is 5.91 Å². The second-order valence-corrected chi connectivity index (χ2v) is 7.84. The van der Waals surface area contributed by atoms with E-state index in [9.17, 15) is 9.18 Å². The van der Waals surface area contributed by atoms with Crippen molar-refractivity contribution in [3.63, 3.8) is 0 Å². The molecule has 1 amide bonds. The molecule has 2 aliphatic heterocycles. The highest BCUT2D eigenvalue weighted by Crippen LogP contribution is 2.28. The fourth-order valence-corrected chi connectivity index (χ4v) is 4.13. The molecule has 4 rings (SSSR count). The molecule has 2 aromatic carbocycles. The summed E-state index contributed by atoms with van der Waals surface area (Å²) in [6.07, 6.45) is 5.56. The van der Waals surface area contributed by atoms with Crippen molar-refractivity contribution in [3.8, 4) is 0 Å². The van der Waals surface area contributed by atoms with Crippen molar-refractivity contribution in [2.24, 2.45) is 0 Å². The summed E-state index contributed by atoms with van der Waals surface area (Å²) in [4.78, 5) is 17.6. The van der Waals surface area contributed by atoms with Crippen molar-refractivity contribution in [3.05, 3.63) is 83.7 Å². The number of amides is 1. The van der Waals surface area contributed by atoms with E-state index in [-0.39, 0.29) is 11.7 Å². The van der Waals surface area contributed by atoms with E-state index >= 15 is 0 Å². The summed E-state index contributed by atoms with van der Waals surface area (Å²) in [5.41, 5.74) is 1.44. The molecule has 1 fully saturated rings. The van der Waals surface area contributed by atoms with E-state index in [0.717, 1.165) is 18.5 Å². The van der Waals surface area contributed by atoms with Gasteiger partial charge in [0.2, 0.25) is 0 Å². The summed E-state index contributed by atoms with van der Waals surface area (Å²) in [6, 6.07) is 16.8. The van der Waals surface area contributed by atoms with E-state index in [1.165, 1.54) is 17.7 Å². The van der Waals surface area contributed by atoms with Gasteiger partial charge in [0.1, 0.15) is 5.82 Å². The third-order valence-electron chi connectivity index (χ3n) is 5.71. The van der Waals surface area contributed by atoms with Crippen LogP contribution in [-0.4, -0.2) is 54.1 Å². The lowest BCUT2D eigenvalue weighted by Gasteiger charge is -2.42. The number of carbonyl (C=O) groups is 1. The van der Waals surface area contributed by atoms with E-state index in [0.29, 0.717) is 39.2 Å². The number of ether oxygens (including phenoxy) is 1. The van der Waals surface area contributed by atoms with E-state index in [1.54, 1.807) is 12.1 Å². The molecule has 4 nitrogen and oxygen atoms in total. The Bertz CT molecular complexity index is 853. The zero-order valence-corrected chi connectivity index (χ0v) is 16.6. The third kappa shape index (κ3) is 4.74. The van der Waals surface area contributed by atoms with Gasteiger partial charge < -0.3 is 9.64 Å². The fourth-order valence-electron chi connectivity index (χ4n) is 4.13. The molecule has 5 heteroatoms. The molecule has 152 valence electrons. The molecule has 0 radical (unpaired) electrons. The van der Waals surface area contributed by atoms with Crippen LogP contribution in [0.5, 0.6) is 0 Å². The standard InChI is InChI=1S/C24H27FN2O2/c25-22-10-8-21(9-11-22)18-26-16-17-29-24(19-26)13-4-5-14-27(23(24)28)15-12-20-6-2-1-3-7-20/h1-11H,12-19H2. The van der Waals surface area contributed by atoms with Crippen LogP contribution in [0, 0.1) is 5.82 Å². The van der Waals surface area contributed by atoms with Gasteiger partial charge in [0.05, 0.1) is 6.61 Å². The Kier molecular flexibility index (Phi) is 6.07. The highest BCUT2D eigenvalue weighted by atomic mass is 19.1. The first-order valence-corrected chi connectivity index (χ1v) is 10.2. The lowest BCUT2D eigenvalue weighted by atomic mass is 9.95. The zero-order chi connectivity index (χ0) is 20.1. The van der Waals surface area contributed by atoms with Crippen molar-refractivity contribution < 1.29 is 13.9 Å². The molecule has 29 heavy (non-hydrogen) atoms. The lowest BCUT2D eigenvalue weighted by Crippen LogP contribution is -2.60. The molecule has 2 heterocycles. The number of rotatable bonds is 5. The average Bonchev–Trinajstić information content (AvgIpc) is 2.89. The minimum Gasteiger partial charge on any atom is -0.362 e. The van der Waals surface area contributed by atoms with Crippen LogP contribution in [0.3, 0.4) is 0 Å². The molecule has 0 saturated carbocycles. The summed E-state index contributed by atoms with van der Waals surface area (Å²) in [7, 11) is 0. The van der Waals surface area contributed by atoms with Crippen molar-refractivity contribution in [1.82, 2.24) is 9.80 Å². The van der Waals surface area contributed by atoms with Crippen LogP contribution < -0.4 is 0 Å². The number of carbonyl (C=O) groups excluding carboxylic acids is 1. The minimum atomic E-state index is -0.831. The molecule has 2 aromatic rings. The van der Waals surface area contributed by atoms with Gasteiger partial charge in [-0.1, -0.05) is 54.6 Å². The highest BCUT2D eigenvalue weighted by molar-refractivity contribution is 5.86. The van der Waals surface area contributed by atoms with Gasteiger partial charge in [0.25, 0.3) is 5.91 Å². The van der Waals surface area contributed by atoms with Crippen LogP contribution in [0.1, 0.15) is 17.5 Å². The largest absolute Gasteiger partial charge is 0.362 e. The van der Waals surface area contributed by atoms with Crippen molar-refractivity contribution in [1.29, 1.82) is 0 Å². The number of hydrogen-bond acceptors (Lipinski definition) is 3. The Balaban J connectivity index is 1.45. The maximum atomic E-state index is 13.5. The average molecular weight is 394 g/mol. The van der Waals surface area contributed by atoms with Gasteiger partial charge in [-0.05, 0) is 29.7 Å². The molecule has 1 spiro atoms. The molecular formula is C24H27FN2O2. The Hall–Kier alpha value is -2.50. The zero-order valence-electron chi connectivity index (χ0n) is 16.6. The number of hydrogen-bond donors (Lipinski definition) is 0. The van der Waals surface area contributed by atoms with Crippen LogP contribution in [0.25, 0.3) is 0 Å². The van der Waals surface area contributed by atoms with Gasteiger partial charge in [-0.25, -0.2) is 4.39 Å². The normalized spacial score (nSPS) is 22.8. The summed E-state index contributed by atoms with van der Waals surface area (Å²) in [5.74, 6) is -0.160. The maximum absolute atomic E-state index is 13.5.